The van der Waals surface area contributed by atoms with Gasteiger partial charge in [-0.25, -0.2) is 4.39 Å². The van der Waals surface area contributed by atoms with Gasteiger partial charge in [0, 0.05) is 19.5 Å². The maximum Gasteiger partial charge on any atom is 0.308 e. The van der Waals surface area contributed by atoms with Gasteiger partial charge in [-0.1, -0.05) is 0 Å². The molecule has 1 aromatic rings. The highest BCUT2D eigenvalue weighted by Crippen LogP contribution is 2.34. The van der Waals surface area contributed by atoms with E-state index < -0.39 is 35.5 Å². The Morgan fingerprint density at radius 3 is 2.55 bits per heavy atom. The Hall–Kier alpha value is -3.34. The van der Waals surface area contributed by atoms with Gasteiger partial charge in [0.1, 0.15) is 11.9 Å². The minimum absolute atomic E-state index is 0.00987. The molecule has 2 N–H and O–H groups in total. The number of benzene rings is 1. The first-order valence-electron chi connectivity index (χ1n) is 10.9. The predicted molar refractivity (Wildman–Crippen MR) is 113 cm³/mol. The molecule has 3 aliphatic heterocycles. The summed E-state index contributed by atoms with van der Waals surface area (Å²) in [4.78, 5) is 64.2. The van der Waals surface area contributed by atoms with E-state index in [1.54, 1.807) is 0 Å². The second kappa shape index (κ2) is 9.26. The number of piperidine rings is 2. The van der Waals surface area contributed by atoms with E-state index in [4.69, 9.17) is 4.74 Å². The monoisotopic (exact) mass is 460 g/mol. The van der Waals surface area contributed by atoms with Crippen LogP contribution in [0.4, 0.5) is 10.1 Å². The van der Waals surface area contributed by atoms with Crippen molar-refractivity contribution < 1.29 is 33.1 Å². The molecule has 1 aromatic carbocycles. The molecule has 0 aliphatic carbocycles. The average molecular weight is 460 g/mol. The first kappa shape index (κ1) is 22.8. The number of imide groups is 2. The number of rotatable bonds is 6. The van der Waals surface area contributed by atoms with Crippen molar-refractivity contribution in [2.45, 2.75) is 31.7 Å². The van der Waals surface area contributed by atoms with Crippen LogP contribution in [-0.2, 0) is 19.1 Å². The van der Waals surface area contributed by atoms with Crippen LogP contribution in [0.5, 0.6) is 0 Å². The number of ether oxygens (including phenoxy) is 1. The van der Waals surface area contributed by atoms with Gasteiger partial charge >= 0.3 is 5.97 Å². The van der Waals surface area contributed by atoms with E-state index in [2.05, 4.69) is 15.5 Å². The lowest BCUT2D eigenvalue weighted by Gasteiger charge is -2.30. The van der Waals surface area contributed by atoms with Crippen LogP contribution in [-0.4, -0.2) is 78.7 Å². The Morgan fingerprint density at radius 1 is 1.15 bits per heavy atom. The van der Waals surface area contributed by atoms with E-state index in [0.29, 0.717) is 39.0 Å². The van der Waals surface area contributed by atoms with E-state index in [1.165, 1.54) is 13.2 Å². The summed E-state index contributed by atoms with van der Waals surface area (Å²) in [6.45, 7) is 2.25. The molecule has 4 amide bonds. The number of methoxy groups -OCH3 is 1. The molecule has 3 heterocycles. The van der Waals surface area contributed by atoms with Crippen molar-refractivity contribution in [2.75, 3.05) is 38.6 Å². The topological polar surface area (TPSA) is 125 Å². The van der Waals surface area contributed by atoms with Crippen molar-refractivity contribution in [3.8, 4) is 0 Å². The highest BCUT2D eigenvalue weighted by Gasteiger charge is 2.46. The SMILES string of the molecule is COC(=O)C1CCN(CCNc2c(F)ccc3c2C(=O)N(C2CCC(=O)NC2=O)C3=O)CC1. The molecule has 0 bridgehead atoms. The van der Waals surface area contributed by atoms with Gasteiger partial charge in [0.15, 0.2) is 0 Å². The van der Waals surface area contributed by atoms with Gasteiger partial charge in [0.2, 0.25) is 11.8 Å². The Morgan fingerprint density at radius 2 is 1.88 bits per heavy atom. The Kier molecular flexibility index (Phi) is 6.41. The van der Waals surface area contributed by atoms with Gasteiger partial charge in [0.25, 0.3) is 11.8 Å². The van der Waals surface area contributed by atoms with Crippen LogP contribution in [0.15, 0.2) is 12.1 Å². The molecule has 10 nitrogen and oxygen atoms in total. The summed E-state index contributed by atoms with van der Waals surface area (Å²) in [5.74, 6) is -3.62. The van der Waals surface area contributed by atoms with Gasteiger partial charge < -0.3 is 15.0 Å². The number of likely N-dealkylation sites (tertiary alicyclic amines) is 1. The number of amides is 4. The molecule has 1 unspecified atom stereocenters. The molecule has 11 heteroatoms. The maximum atomic E-state index is 14.7. The molecule has 1 atom stereocenters. The van der Waals surface area contributed by atoms with Gasteiger partial charge in [-0.2, -0.15) is 0 Å². The molecule has 176 valence electrons. The minimum atomic E-state index is -1.11. The summed E-state index contributed by atoms with van der Waals surface area (Å²) >= 11 is 0. The number of carbonyl (C=O) groups excluding carboxylic acids is 5. The van der Waals surface area contributed by atoms with E-state index in [9.17, 15) is 28.4 Å². The zero-order chi connectivity index (χ0) is 23.7. The highest BCUT2D eigenvalue weighted by molar-refractivity contribution is 6.25. The first-order chi connectivity index (χ1) is 15.8. The van der Waals surface area contributed by atoms with E-state index in [1.807, 2.05) is 0 Å². The zero-order valence-corrected chi connectivity index (χ0v) is 18.2. The van der Waals surface area contributed by atoms with E-state index in [0.717, 1.165) is 11.0 Å². The summed E-state index contributed by atoms with van der Waals surface area (Å²) in [6.07, 6.45) is 1.39. The molecular formula is C22H25FN4O6. The number of hydrogen-bond acceptors (Lipinski definition) is 8. The molecule has 4 rings (SSSR count). The third-order valence-electron chi connectivity index (χ3n) is 6.41. The Bertz CT molecular complexity index is 1020. The number of halogens is 1. The normalized spacial score (nSPS) is 21.8. The number of hydrogen-bond donors (Lipinski definition) is 2. The summed E-state index contributed by atoms with van der Waals surface area (Å²) in [6, 6.07) is 1.24. The van der Waals surface area contributed by atoms with Gasteiger partial charge in [-0.05, 0) is 44.5 Å². The Labute approximate surface area is 189 Å². The summed E-state index contributed by atoms with van der Waals surface area (Å²) in [5.41, 5.74) is -0.160. The zero-order valence-electron chi connectivity index (χ0n) is 18.2. The van der Waals surface area contributed by atoms with Crippen molar-refractivity contribution >= 4 is 35.3 Å². The molecule has 0 saturated carbocycles. The second-order valence-electron chi connectivity index (χ2n) is 8.36. The number of carbonyl (C=O) groups is 5. The van der Waals surface area contributed by atoms with Crippen LogP contribution in [0.25, 0.3) is 0 Å². The fourth-order valence-electron chi connectivity index (χ4n) is 4.60. The quantitative estimate of drug-likeness (QED) is 0.465. The van der Waals surface area contributed by atoms with Crippen molar-refractivity contribution in [3.63, 3.8) is 0 Å². The third kappa shape index (κ3) is 4.32. The molecule has 33 heavy (non-hydrogen) atoms. The van der Waals surface area contributed by atoms with Gasteiger partial charge in [-0.15, -0.1) is 0 Å². The Balaban J connectivity index is 1.43. The summed E-state index contributed by atoms with van der Waals surface area (Å²) in [5, 5.41) is 5.07. The van der Waals surface area contributed by atoms with Crippen LogP contribution in [0, 0.1) is 11.7 Å². The number of fused-ring (bicyclic) bond motifs is 1. The number of nitrogens with zero attached hydrogens (tertiary/aromatic N) is 2. The second-order valence-corrected chi connectivity index (χ2v) is 8.36. The molecule has 0 aromatic heterocycles. The highest BCUT2D eigenvalue weighted by atomic mass is 19.1. The standard InChI is InChI=1S/C22H25FN4O6/c1-33-22(32)12-6-9-26(10-7-12)11-8-24-18-14(23)3-2-13-17(18)21(31)27(20(13)30)15-4-5-16(28)25-19(15)29/h2-3,12,15,24H,4-11H2,1H3,(H,25,28,29). The van der Waals surface area contributed by atoms with E-state index >= 15 is 0 Å². The first-order valence-corrected chi connectivity index (χ1v) is 10.9. The summed E-state index contributed by atoms with van der Waals surface area (Å²) in [7, 11) is 1.37. The fourth-order valence-corrected chi connectivity index (χ4v) is 4.60. The largest absolute Gasteiger partial charge is 0.469 e. The van der Waals surface area contributed by atoms with Crippen molar-refractivity contribution in [1.82, 2.24) is 15.1 Å². The smallest absolute Gasteiger partial charge is 0.308 e. The molecule has 0 radical (unpaired) electrons. The third-order valence-corrected chi connectivity index (χ3v) is 6.41. The van der Waals surface area contributed by atoms with Crippen molar-refractivity contribution in [1.29, 1.82) is 0 Å². The van der Waals surface area contributed by atoms with Crippen LogP contribution in [0.2, 0.25) is 0 Å². The van der Waals surface area contributed by atoms with Crippen LogP contribution >= 0.6 is 0 Å². The van der Waals surface area contributed by atoms with Crippen LogP contribution < -0.4 is 10.6 Å². The lowest BCUT2D eigenvalue weighted by Crippen LogP contribution is -2.54. The van der Waals surface area contributed by atoms with Gasteiger partial charge in [0.05, 0.1) is 29.8 Å². The lowest BCUT2D eigenvalue weighted by atomic mass is 9.97. The lowest BCUT2D eigenvalue weighted by molar-refractivity contribution is -0.147. The molecular weight excluding hydrogens is 435 g/mol. The number of anilines is 1. The van der Waals surface area contributed by atoms with E-state index in [-0.39, 0.29) is 41.5 Å². The number of nitrogens with one attached hydrogen (secondary N) is 2. The molecule has 3 aliphatic rings. The van der Waals surface area contributed by atoms with Crippen LogP contribution in [0.1, 0.15) is 46.4 Å². The van der Waals surface area contributed by atoms with Crippen molar-refractivity contribution in [2.24, 2.45) is 5.92 Å². The minimum Gasteiger partial charge on any atom is -0.469 e. The maximum absolute atomic E-state index is 14.7. The molecule has 2 saturated heterocycles. The van der Waals surface area contributed by atoms with Gasteiger partial charge in [-0.3, -0.25) is 34.2 Å². The number of esters is 1. The predicted octanol–water partition coefficient (Wildman–Crippen LogP) is 0.524. The molecule has 2 fully saturated rings. The van der Waals surface area contributed by atoms with Crippen LogP contribution in [0.3, 0.4) is 0 Å². The molecule has 0 spiro atoms. The summed E-state index contributed by atoms with van der Waals surface area (Å²) < 4.78 is 19.4. The average Bonchev–Trinajstić information content (AvgIpc) is 3.05. The fraction of sp³-hybridized carbons (Fsp3) is 0.500. The van der Waals surface area contributed by atoms with Crippen molar-refractivity contribution in [3.05, 3.63) is 29.1 Å².